The van der Waals surface area contributed by atoms with Crippen LogP contribution in [0.2, 0.25) is 0 Å². The molecule has 0 saturated heterocycles. The van der Waals surface area contributed by atoms with Gasteiger partial charge in [0.05, 0.1) is 5.69 Å². The van der Waals surface area contributed by atoms with Gasteiger partial charge < -0.3 is 10.1 Å². The number of ether oxygens (including phenoxy) is 1. The van der Waals surface area contributed by atoms with E-state index in [4.69, 9.17) is 4.74 Å². The molecule has 5 nitrogen and oxygen atoms in total. The minimum atomic E-state index is 0. The molecule has 0 radical (unpaired) electrons. The highest BCUT2D eigenvalue weighted by Gasteiger charge is 2.07. The molecule has 0 fully saturated rings. The van der Waals surface area contributed by atoms with Crippen LogP contribution < -0.4 is 10.1 Å². The maximum atomic E-state index is 5.81. The average Bonchev–Trinajstić information content (AvgIpc) is 2.93. The van der Waals surface area contributed by atoms with Gasteiger partial charge in [0.25, 0.3) is 0 Å². The number of rotatable bonds is 5. The molecular weight excluding hydrogens is 355 g/mol. The Kier molecular flexibility index (Phi) is 7.74. The summed E-state index contributed by atoms with van der Waals surface area (Å²) >= 11 is 1.54. The molecule has 0 aromatic carbocycles. The number of pyridine rings is 2. The Labute approximate surface area is 151 Å². The fourth-order valence-electron chi connectivity index (χ4n) is 1.76. The van der Waals surface area contributed by atoms with E-state index >= 15 is 0 Å². The Morgan fingerprint density at radius 3 is 2.70 bits per heavy atom. The molecule has 0 unspecified atom stereocenters. The predicted octanol–water partition coefficient (Wildman–Crippen LogP) is 4.41. The third-order valence-corrected chi connectivity index (χ3v) is 3.61. The van der Waals surface area contributed by atoms with Gasteiger partial charge in [-0.2, -0.15) is 0 Å². The third kappa shape index (κ3) is 5.35. The van der Waals surface area contributed by atoms with Gasteiger partial charge in [-0.1, -0.05) is 6.07 Å². The zero-order chi connectivity index (χ0) is 14.5. The molecule has 0 bridgehead atoms. The molecule has 0 aliphatic carbocycles. The van der Waals surface area contributed by atoms with Gasteiger partial charge in [-0.3, -0.25) is 4.98 Å². The van der Waals surface area contributed by atoms with E-state index in [1.54, 1.807) is 18.6 Å². The Morgan fingerprint density at radius 1 is 1.17 bits per heavy atom. The summed E-state index contributed by atoms with van der Waals surface area (Å²) in [6.07, 6.45) is 5.25. The summed E-state index contributed by atoms with van der Waals surface area (Å²) < 4.78 is 5.81. The second-order valence-electron chi connectivity index (χ2n) is 4.42. The Hall–Kier alpha value is -1.89. The molecule has 1 N–H and O–H groups in total. The third-order valence-electron chi connectivity index (χ3n) is 2.73. The number of hydrogen-bond acceptors (Lipinski definition) is 6. The predicted molar refractivity (Wildman–Crippen MR) is 97.4 cm³/mol. The number of halogens is 2. The van der Waals surface area contributed by atoms with Gasteiger partial charge in [-0.15, -0.1) is 36.2 Å². The molecule has 3 aromatic heterocycles. The molecule has 3 rings (SSSR count). The van der Waals surface area contributed by atoms with Crippen molar-refractivity contribution >= 4 is 47.1 Å². The van der Waals surface area contributed by atoms with Crippen molar-refractivity contribution in [1.29, 1.82) is 0 Å². The van der Waals surface area contributed by atoms with Crippen molar-refractivity contribution in [2.45, 2.75) is 13.5 Å². The summed E-state index contributed by atoms with van der Waals surface area (Å²) in [6.45, 7) is 2.41. The van der Waals surface area contributed by atoms with E-state index in [9.17, 15) is 0 Å². The molecule has 0 aliphatic rings. The molecular formula is C15H16Cl2N4OS. The highest BCUT2D eigenvalue weighted by atomic mass is 35.5. The zero-order valence-electron chi connectivity index (χ0n) is 12.3. The van der Waals surface area contributed by atoms with Crippen molar-refractivity contribution in [3.05, 3.63) is 59.5 Å². The van der Waals surface area contributed by atoms with E-state index in [-0.39, 0.29) is 24.8 Å². The standard InChI is InChI=1S/C15H14N4OS.2ClH/c1-11-10-21-15(18-11)19-14-13(5-3-7-17-14)20-9-12-4-2-6-16-8-12;;/h2-8,10H,9H2,1H3,(H,17,18,19);2*1H. The summed E-state index contributed by atoms with van der Waals surface area (Å²) in [4.78, 5) is 12.7. The first-order valence-electron chi connectivity index (χ1n) is 6.47. The first kappa shape index (κ1) is 19.2. The van der Waals surface area contributed by atoms with Crippen LogP contribution in [0.3, 0.4) is 0 Å². The maximum Gasteiger partial charge on any atom is 0.188 e. The monoisotopic (exact) mass is 370 g/mol. The fourth-order valence-corrected chi connectivity index (χ4v) is 2.45. The molecule has 0 amide bonds. The first-order valence-corrected chi connectivity index (χ1v) is 7.35. The zero-order valence-corrected chi connectivity index (χ0v) is 14.8. The average molecular weight is 371 g/mol. The molecule has 23 heavy (non-hydrogen) atoms. The molecule has 0 atom stereocenters. The largest absolute Gasteiger partial charge is 0.485 e. The molecule has 122 valence electrons. The molecule has 3 heterocycles. The molecule has 0 aliphatic heterocycles. The van der Waals surface area contributed by atoms with Gasteiger partial charge in [0.1, 0.15) is 6.61 Å². The maximum absolute atomic E-state index is 5.81. The van der Waals surface area contributed by atoms with E-state index in [0.29, 0.717) is 18.2 Å². The van der Waals surface area contributed by atoms with Crippen LogP contribution in [-0.2, 0) is 6.61 Å². The van der Waals surface area contributed by atoms with E-state index in [0.717, 1.165) is 16.4 Å². The SMILES string of the molecule is Cc1csc(Nc2ncccc2OCc2cccnc2)n1.Cl.Cl. The second kappa shape index (κ2) is 9.29. The minimum absolute atomic E-state index is 0. The molecule has 0 saturated carbocycles. The van der Waals surface area contributed by atoms with Crippen LogP contribution in [-0.4, -0.2) is 15.0 Å². The van der Waals surface area contributed by atoms with Crippen LogP contribution in [0, 0.1) is 6.92 Å². The highest BCUT2D eigenvalue weighted by Crippen LogP contribution is 2.27. The first-order chi connectivity index (χ1) is 10.3. The van der Waals surface area contributed by atoms with Crippen LogP contribution in [0.4, 0.5) is 10.9 Å². The van der Waals surface area contributed by atoms with Crippen molar-refractivity contribution in [3.8, 4) is 5.75 Å². The summed E-state index contributed by atoms with van der Waals surface area (Å²) in [5.74, 6) is 1.35. The van der Waals surface area contributed by atoms with Crippen molar-refractivity contribution in [2.24, 2.45) is 0 Å². The van der Waals surface area contributed by atoms with Gasteiger partial charge in [0.2, 0.25) is 0 Å². The summed E-state index contributed by atoms with van der Waals surface area (Å²) in [7, 11) is 0. The molecule has 0 spiro atoms. The number of anilines is 2. The van der Waals surface area contributed by atoms with E-state index < -0.39 is 0 Å². The van der Waals surface area contributed by atoms with Crippen LogP contribution in [0.15, 0.2) is 48.2 Å². The van der Waals surface area contributed by atoms with Gasteiger partial charge >= 0.3 is 0 Å². The quantitative estimate of drug-likeness (QED) is 0.720. The highest BCUT2D eigenvalue weighted by molar-refractivity contribution is 7.13. The van der Waals surface area contributed by atoms with Crippen molar-refractivity contribution in [3.63, 3.8) is 0 Å². The lowest BCUT2D eigenvalue weighted by Crippen LogP contribution is -2.01. The number of nitrogens with zero attached hydrogens (tertiary/aromatic N) is 3. The number of hydrogen-bond donors (Lipinski definition) is 1. The van der Waals surface area contributed by atoms with Crippen molar-refractivity contribution in [1.82, 2.24) is 15.0 Å². The van der Waals surface area contributed by atoms with Crippen molar-refractivity contribution < 1.29 is 4.74 Å². The Bertz CT molecular complexity index is 724. The smallest absolute Gasteiger partial charge is 0.188 e. The topological polar surface area (TPSA) is 59.9 Å². The second-order valence-corrected chi connectivity index (χ2v) is 5.28. The van der Waals surface area contributed by atoms with E-state index in [2.05, 4.69) is 20.3 Å². The van der Waals surface area contributed by atoms with Crippen LogP contribution >= 0.6 is 36.2 Å². The number of aryl methyl sites for hydroxylation is 1. The van der Waals surface area contributed by atoms with Gasteiger partial charge in [-0.25, -0.2) is 9.97 Å². The number of aromatic nitrogens is 3. The summed E-state index contributed by atoms with van der Waals surface area (Å²) in [5, 5.41) is 5.98. The summed E-state index contributed by atoms with van der Waals surface area (Å²) in [6, 6.07) is 7.59. The van der Waals surface area contributed by atoms with Crippen LogP contribution in [0.25, 0.3) is 0 Å². The molecule has 3 aromatic rings. The number of thiazole rings is 1. The summed E-state index contributed by atoms with van der Waals surface area (Å²) in [5.41, 5.74) is 1.99. The van der Waals surface area contributed by atoms with E-state index in [1.807, 2.05) is 36.6 Å². The van der Waals surface area contributed by atoms with Gasteiger partial charge in [0.15, 0.2) is 16.7 Å². The lowest BCUT2D eigenvalue weighted by Gasteiger charge is -2.10. The Balaban J connectivity index is 0.00000132. The molecule has 8 heteroatoms. The number of nitrogens with one attached hydrogen (secondary N) is 1. The lowest BCUT2D eigenvalue weighted by atomic mass is 10.3. The normalized spacial score (nSPS) is 9.43. The van der Waals surface area contributed by atoms with Crippen molar-refractivity contribution in [2.75, 3.05) is 5.32 Å². The minimum Gasteiger partial charge on any atom is -0.485 e. The van der Waals surface area contributed by atoms with E-state index in [1.165, 1.54) is 11.3 Å². The lowest BCUT2D eigenvalue weighted by molar-refractivity contribution is 0.306. The van der Waals surface area contributed by atoms with Gasteiger partial charge in [0, 0.05) is 29.5 Å². The Morgan fingerprint density at radius 2 is 2.00 bits per heavy atom. The van der Waals surface area contributed by atoms with Crippen LogP contribution in [0.1, 0.15) is 11.3 Å². The fraction of sp³-hybridized carbons (Fsp3) is 0.133. The van der Waals surface area contributed by atoms with Crippen LogP contribution in [0.5, 0.6) is 5.75 Å². The van der Waals surface area contributed by atoms with Gasteiger partial charge in [-0.05, 0) is 25.1 Å².